The second kappa shape index (κ2) is 7.96. The second-order valence-corrected chi connectivity index (χ2v) is 6.33. The summed E-state index contributed by atoms with van der Waals surface area (Å²) in [6.45, 7) is 10.3. The van der Waals surface area contributed by atoms with Crippen LogP contribution in [-0.4, -0.2) is 39.5 Å². The van der Waals surface area contributed by atoms with Crippen LogP contribution < -0.4 is 10.5 Å². The van der Waals surface area contributed by atoms with Crippen LogP contribution >= 0.6 is 0 Å². The van der Waals surface area contributed by atoms with E-state index >= 15 is 0 Å². The van der Waals surface area contributed by atoms with Crippen molar-refractivity contribution >= 4 is 11.6 Å². The smallest absolute Gasteiger partial charge is 0.255 e. The Morgan fingerprint density at radius 3 is 2.44 bits per heavy atom. The van der Waals surface area contributed by atoms with Crippen LogP contribution in [-0.2, 0) is 0 Å². The summed E-state index contributed by atoms with van der Waals surface area (Å²) in [7, 11) is 0. The van der Waals surface area contributed by atoms with E-state index in [2.05, 4.69) is 9.97 Å². The number of pyridine rings is 2. The number of nitrogen functional groups attached to an aromatic ring is 1. The van der Waals surface area contributed by atoms with E-state index < -0.39 is 0 Å². The predicted octanol–water partition coefficient (Wildman–Crippen LogP) is 3.38. The third-order valence-electron chi connectivity index (χ3n) is 3.90. The molecule has 0 atom stereocenters. The number of ether oxygens (including phenoxy) is 1. The van der Waals surface area contributed by atoms with Crippen molar-refractivity contribution in [1.82, 2.24) is 14.9 Å². The molecule has 0 aliphatic rings. The molecule has 0 bridgehead atoms. The van der Waals surface area contributed by atoms with Crippen LogP contribution in [0.2, 0.25) is 0 Å². The molecule has 0 saturated carbocycles. The first-order valence-electron chi connectivity index (χ1n) is 8.52. The number of carbonyl (C=O) groups is 1. The van der Waals surface area contributed by atoms with Crippen molar-refractivity contribution in [3.63, 3.8) is 0 Å². The van der Waals surface area contributed by atoms with Gasteiger partial charge >= 0.3 is 0 Å². The molecule has 134 valence electrons. The van der Waals surface area contributed by atoms with E-state index in [4.69, 9.17) is 10.5 Å². The zero-order valence-electron chi connectivity index (χ0n) is 15.5. The number of nitrogens with two attached hydrogens (primary N) is 1. The van der Waals surface area contributed by atoms with Gasteiger partial charge in [0.05, 0.1) is 17.7 Å². The molecule has 2 aromatic heterocycles. The lowest BCUT2D eigenvalue weighted by molar-refractivity contribution is 0.0644. The van der Waals surface area contributed by atoms with Gasteiger partial charge in [0.2, 0.25) is 5.88 Å². The van der Waals surface area contributed by atoms with Crippen LogP contribution in [0.5, 0.6) is 5.88 Å². The predicted molar refractivity (Wildman–Crippen MR) is 99.5 cm³/mol. The minimum absolute atomic E-state index is 0.0651. The van der Waals surface area contributed by atoms with E-state index in [0.717, 1.165) is 0 Å². The standard InChI is InChI=1S/C19H26N4O2/c1-6-25-18-17(15-11-21-9-8-16(15)20)14(7-10-22-18)19(24)23(12(2)3)13(4)5/h7-13H,6H2,1-5H3,(H2,20,21). The first-order valence-corrected chi connectivity index (χ1v) is 8.52. The fourth-order valence-electron chi connectivity index (χ4n) is 2.95. The topological polar surface area (TPSA) is 81.3 Å². The average molecular weight is 342 g/mol. The van der Waals surface area contributed by atoms with Crippen LogP contribution in [0.15, 0.2) is 30.7 Å². The lowest BCUT2D eigenvalue weighted by Crippen LogP contribution is -2.42. The van der Waals surface area contributed by atoms with Crippen molar-refractivity contribution < 1.29 is 9.53 Å². The molecule has 0 aliphatic heterocycles. The van der Waals surface area contributed by atoms with Crippen LogP contribution in [0.3, 0.4) is 0 Å². The van der Waals surface area contributed by atoms with Gasteiger partial charge in [-0.3, -0.25) is 9.78 Å². The maximum atomic E-state index is 13.3. The van der Waals surface area contributed by atoms with Gasteiger partial charge in [-0.1, -0.05) is 0 Å². The first kappa shape index (κ1) is 18.7. The Balaban J connectivity index is 2.68. The molecular weight excluding hydrogens is 316 g/mol. The summed E-state index contributed by atoms with van der Waals surface area (Å²) in [5.41, 5.74) is 8.41. The molecule has 2 rings (SSSR count). The van der Waals surface area contributed by atoms with E-state index in [1.54, 1.807) is 30.7 Å². The molecule has 0 aliphatic carbocycles. The van der Waals surface area contributed by atoms with Crippen LogP contribution in [0.1, 0.15) is 45.0 Å². The molecule has 2 N–H and O–H groups in total. The molecule has 0 saturated heterocycles. The Morgan fingerprint density at radius 1 is 1.20 bits per heavy atom. The molecular formula is C19H26N4O2. The first-order chi connectivity index (χ1) is 11.9. The van der Waals surface area contributed by atoms with Crippen LogP contribution in [0.4, 0.5) is 5.69 Å². The SMILES string of the molecule is CCOc1nccc(C(=O)N(C(C)C)C(C)C)c1-c1cnccc1N. The Hall–Kier alpha value is -2.63. The second-order valence-electron chi connectivity index (χ2n) is 6.33. The van der Waals surface area contributed by atoms with Gasteiger partial charge in [0.25, 0.3) is 5.91 Å². The number of anilines is 1. The van der Waals surface area contributed by atoms with Gasteiger partial charge < -0.3 is 15.4 Å². The van der Waals surface area contributed by atoms with Crippen molar-refractivity contribution in [2.24, 2.45) is 0 Å². The summed E-state index contributed by atoms with van der Waals surface area (Å²) in [6.07, 6.45) is 4.85. The molecule has 6 nitrogen and oxygen atoms in total. The monoisotopic (exact) mass is 342 g/mol. The molecule has 0 spiro atoms. The maximum absolute atomic E-state index is 13.3. The highest BCUT2D eigenvalue weighted by atomic mass is 16.5. The highest BCUT2D eigenvalue weighted by Gasteiger charge is 2.27. The summed E-state index contributed by atoms with van der Waals surface area (Å²) in [6, 6.07) is 3.55. The Labute approximate surface area is 149 Å². The number of carbonyl (C=O) groups excluding carboxylic acids is 1. The highest BCUT2D eigenvalue weighted by Crippen LogP contribution is 2.35. The van der Waals surface area contributed by atoms with Gasteiger partial charge in [0, 0.05) is 41.9 Å². The normalized spacial score (nSPS) is 11.0. The van der Waals surface area contributed by atoms with Gasteiger partial charge in [-0.05, 0) is 46.8 Å². The van der Waals surface area contributed by atoms with Gasteiger partial charge in [-0.2, -0.15) is 0 Å². The number of rotatable bonds is 6. The van der Waals surface area contributed by atoms with E-state index in [9.17, 15) is 4.79 Å². The fraction of sp³-hybridized carbons (Fsp3) is 0.421. The molecule has 2 aromatic rings. The van der Waals surface area contributed by atoms with E-state index in [0.29, 0.717) is 34.9 Å². The van der Waals surface area contributed by atoms with Crippen molar-refractivity contribution in [2.75, 3.05) is 12.3 Å². The van der Waals surface area contributed by atoms with E-state index in [1.165, 1.54) is 0 Å². The molecule has 1 amide bonds. The number of aromatic nitrogens is 2. The number of amides is 1. The molecule has 0 fully saturated rings. The lowest BCUT2D eigenvalue weighted by Gasteiger charge is -2.31. The van der Waals surface area contributed by atoms with Gasteiger partial charge in [-0.25, -0.2) is 4.98 Å². The van der Waals surface area contributed by atoms with Crippen molar-refractivity contribution in [3.05, 3.63) is 36.3 Å². The summed E-state index contributed by atoms with van der Waals surface area (Å²) < 4.78 is 5.67. The van der Waals surface area contributed by atoms with Gasteiger partial charge in [0.15, 0.2) is 0 Å². The Bertz CT molecular complexity index is 736. The van der Waals surface area contributed by atoms with Crippen LogP contribution in [0, 0.1) is 0 Å². The van der Waals surface area contributed by atoms with Gasteiger partial charge in [0.1, 0.15) is 0 Å². The zero-order valence-corrected chi connectivity index (χ0v) is 15.5. The lowest BCUT2D eigenvalue weighted by atomic mass is 9.99. The Morgan fingerprint density at radius 2 is 1.88 bits per heavy atom. The third kappa shape index (κ3) is 3.90. The van der Waals surface area contributed by atoms with Gasteiger partial charge in [-0.15, -0.1) is 0 Å². The van der Waals surface area contributed by atoms with Crippen LogP contribution in [0.25, 0.3) is 11.1 Å². The number of hydrogen-bond acceptors (Lipinski definition) is 5. The summed E-state index contributed by atoms with van der Waals surface area (Å²) in [5, 5.41) is 0. The quantitative estimate of drug-likeness (QED) is 0.870. The largest absolute Gasteiger partial charge is 0.477 e. The molecule has 6 heteroatoms. The zero-order chi connectivity index (χ0) is 18.6. The minimum Gasteiger partial charge on any atom is -0.477 e. The van der Waals surface area contributed by atoms with E-state index in [1.807, 2.05) is 39.5 Å². The summed E-state index contributed by atoms with van der Waals surface area (Å²) in [4.78, 5) is 23.6. The molecule has 2 heterocycles. The molecule has 25 heavy (non-hydrogen) atoms. The third-order valence-corrected chi connectivity index (χ3v) is 3.90. The highest BCUT2D eigenvalue weighted by molar-refractivity contribution is 6.03. The Kier molecular flexibility index (Phi) is 5.96. The number of hydrogen-bond donors (Lipinski definition) is 1. The molecule has 0 unspecified atom stereocenters. The van der Waals surface area contributed by atoms with Crippen molar-refractivity contribution in [2.45, 2.75) is 46.7 Å². The van der Waals surface area contributed by atoms with Crippen molar-refractivity contribution in [1.29, 1.82) is 0 Å². The number of nitrogens with zero attached hydrogens (tertiary/aromatic N) is 3. The van der Waals surface area contributed by atoms with E-state index in [-0.39, 0.29) is 18.0 Å². The summed E-state index contributed by atoms with van der Waals surface area (Å²) in [5.74, 6) is 0.312. The maximum Gasteiger partial charge on any atom is 0.255 e. The molecule has 0 aromatic carbocycles. The van der Waals surface area contributed by atoms with Crippen molar-refractivity contribution in [3.8, 4) is 17.0 Å². The minimum atomic E-state index is -0.0772. The fourth-order valence-corrected chi connectivity index (χ4v) is 2.95. The summed E-state index contributed by atoms with van der Waals surface area (Å²) >= 11 is 0. The molecule has 0 radical (unpaired) electrons. The average Bonchev–Trinajstić information content (AvgIpc) is 2.55.